The van der Waals surface area contributed by atoms with Crippen molar-refractivity contribution in [2.24, 2.45) is 0 Å². The van der Waals surface area contributed by atoms with Crippen LogP contribution in [0.25, 0.3) is 6.08 Å². The van der Waals surface area contributed by atoms with Crippen molar-refractivity contribution in [3.63, 3.8) is 0 Å². The van der Waals surface area contributed by atoms with Gasteiger partial charge in [-0.3, -0.25) is 4.79 Å². The fraction of sp³-hybridized carbons (Fsp3) is 0.211. The van der Waals surface area contributed by atoms with Crippen molar-refractivity contribution in [3.8, 4) is 11.5 Å². The van der Waals surface area contributed by atoms with Crippen LogP contribution in [0.4, 0.5) is 13.2 Å². The summed E-state index contributed by atoms with van der Waals surface area (Å²) in [6.07, 6.45) is -1.57. The van der Waals surface area contributed by atoms with Crippen molar-refractivity contribution < 1.29 is 27.4 Å². The zero-order valence-electron chi connectivity index (χ0n) is 14.3. The molecule has 0 radical (unpaired) electrons. The molecule has 2 aromatic carbocycles. The van der Waals surface area contributed by atoms with E-state index in [0.29, 0.717) is 22.6 Å². The van der Waals surface area contributed by atoms with Crippen molar-refractivity contribution in [1.82, 2.24) is 5.32 Å². The molecule has 2 rings (SSSR count). The van der Waals surface area contributed by atoms with Crippen molar-refractivity contribution in [2.75, 3.05) is 14.2 Å². The molecule has 4 nitrogen and oxygen atoms in total. The van der Waals surface area contributed by atoms with E-state index < -0.39 is 17.6 Å². The summed E-state index contributed by atoms with van der Waals surface area (Å²) >= 11 is 0. The van der Waals surface area contributed by atoms with E-state index in [0.717, 1.165) is 12.1 Å². The van der Waals surface area contributed by atoms with E-state index in [4.69, 9.17) is 9.47 Å². The number of carbonyl (C=O) groups is 1. The summed E-state index contributed by atoms with van der Waals surface area (Å²) in [6.45, 7) is -0.00710. The Morgan fingerprint density at radius 1 is 1.12 bits per heavy atom. The van der Waals surface area contributed by atoms with Gasteiger partial charge in [-0.15, -0.1) is 0 Å². The van der Waals surface area contributed by atoms with Crippen LogP contribution < -0.4 is 14.8 Å². The van der Waals surface area contributed by atoms with Crippen LogP contribution in [-0.4, -0.2) is 20.1 Å². The van der Waals surface area contributed by atoms with Crippen LogP contribution in [0, 0.1) is 0 Å². The lowest BCUT2D eigenvalue weighted by molar-refractivity contribution is -0.137. The average molecular weight is 365 g/mol. The molecule has 0 saturated carbocycles. The standard InChI is InChI=1S/C19H18F3NO3/c1-25-16-8-6-14(17(11-16)26-2)7-9-18(24)23-12-13-4-3-5-15(10-13)19(20,21)22/h3-11H,12H2,1-2H3,(H,23,24)/b9-7+. The molecule has 138 valence electrons. The molecule has 7 heteroatoms. The number of methoxy groups -OCH3 is 2. The quantitative estimate of drug-likeness (QED) is 0.786. The second-order valence-electron chi connectivity index (χ2n) is 5.36. The van der Waals surface area contributed by atoms with Crippen LogP contribution in [0.15, 0.2) is 48.5 Å². The maximum atomic E-state index is 12.7. The van der Waals surface area contributed by atoms with Crippen molar-refractivity contribution in [2.45, 2.75) is 12.7 Å². The van der Waals surface area contributed by atoms with E-state index in [1.54, 1.807) is 24.3 Å². The number of nitrogens with one attached hydrogen (secondary N) is 1. The number of rotatable bonds is 6. The van der Waals surface area contributed by atoms with Gasteiger partial charge in [0, 0.05) is 24.3 Å². The van der Waals surface area contributed by atoms with E-state index in [2.05, 4.69) is 5.32 Å². The van der Waals surface area contributed by atoms with Crippen LogP contribution in [0.5, 0.6) is 11.5 Å². The van der Waals surface area contributed by atoms with Crippen molar-refractivity contribution in [1.29, 1.82) is 0 Å². The van der Waals surface area contributed by atoms with Gasteiger partial charge in [0.2, 0.25) is 5.91 Å². The van der Waals surface area contributed by atoms with Gasteiger partial charge in [0.15, 0.2) is 0 Å². The summed E-state index contributed by atoms with van der Waals surface area (Å²) in [6, 6.07) is 9.96. The van der Waals surface area contributed by atoms with Gasteiger partial charge >= 0.3 is 6.18 Å². The molecule has 1 amide bonds. The van der Waals surface area contributed by atoms with Crippen LogP contribution >= 0.6 is 0 Å². The molecular weight excluding hydrogens is 347 g/mol. The normalized spacial score (nSPS) is 11.4. The summed E-state index contributed by atoms with van der Waals surface area (Å²) < 4.78 is 48.4. The lowest BCUT2D eigenvalue weighted by Gasteiger charge is -2.09. The van der Waals surface area contributed by atoms with E-state index in [1.165, 1.54) is 32.4 Å². The second kappa shape index (κ2) is 8.42. The molecule has 2 aromatic rings. The van der Waals surface area contributed by atoms with Gasteiger partial charge < -0.3 is 14.8 Å². The third-order valence-corrected chi connectivity index (χ3v) is 3.58. The molecule has 0 spiro atoms. The van der Waals surface area contributed by atoms with Gasteiger partial charge in [-0.05, 0) is 35.9 Å². The van der Waals surface area contributed by atoms with E-state index in [1.807, 2.05) is 0 Å². The van der Waals surface area contributed by atoms with Gasteiger partial charge in [0.1, 0.15) is 11.5 Å². The predicted molar refractivity (Wildman–Crippen MR) is 91.9 cm³/mol. The smallest absolute Gasteiger partial charge is 0.416 e. The van der Waals surface area contributed by atoms with E-state index in [-0.39, 0.29) is 6.54 Å². The molecule has 0 aliphatic carbocycles. The maximum absolute atomic E-state index is 12.7. The van der Waals surface area contributed by atoms with Gasteiger partial charge in [-0.2, -0.15) is 13.2 Å². The second-order valence-corrected chi connectivity index (χ2v) is 5.36. The molecule has 0 saturated heterocycles. The minimum absolute atomic E-state index is 0.00710. The van der Waals surface area contributed by atoms with Crippen LogP contribution in [0.2, 0.25) is 0 Å². The monoisotopic (exact) mass is 365 g/mol. The van der Waals surface area contributed by atoms with E-state index in [9.17, 15) is 18.0 Å². The highest BCUT2D eigenvalue weighted by molar-refractivity contribution is 5.92. The number of amides is 1. The summed E-state index contributed by atoms with van der Waals surface area (Å²) in [4.78, 5) is 11.9. The lowest BCUT2D eigenvalue weighted by Crippen LogP contribution is -2.20. The maximum Gasteiger partial charge on any atom is 0.416 e. The Kier molecular flexibility index (Phi) is 6.27. The molecule has 0 atom stereocenters. The van der Waals surface area contributed by atoms with Crippen LogP contribution in [0.1, 0.15) is 16.7 Å². The summed E-state index contributed by atoms with van der Waals surface area (Å²) in [5, 5.41) is 2.55. The first-order valence-corrected chi connectivity index (χ1v) is 7.67. The molecule has 0 aliphatic heterocycles. The molecule has 0 fully saturated rings. The molecule has 0 heterocycles. The van der Waals surface area contributed by atoms with Crippen molar-refractivity contribution >= 4 is 12.0 Å². The Morgan fingerprint density at radius 3 is 2.54 bits per heavy atom. The highest BCUT2D eigenvalue weighted by Crippen LogP contribution is 2.29. The number of hydrogen-bond acceptors (Lipinski definition) is 3. The molecular formula is C19H18F3NO3. The largest absolute Gasteiger partial charge is 0.497 e. The number of alkyl halides is 3. The number of benzene rings is 2. The highest BCUT2D eigenvalue weighted by atomic mass is 19.4. The molecule has 0 unspecified atom stereocenters. The Labute approximate surface area is 149 Å². The topological polar surface area (TPSA) is 47.6 Å². The number of hydrogen-bond donors (Lipinski definition) is 1. The molecule has 1 N–H and O–H groups in total. The summed E-state index contributed by atoms with van der Waals surface area (Å²) in [7, 11) is 3.03. The Balaban J connectivity index is 2.00. The van der Waals surface area contributed by atoms with Crippen LogP contribution in [0.3, 0.4) is 0 Å². The zero-order valence-corrected chi connectivity index (χ0v) is 14.3. The third-order valence-electron chi connectivity index (χ3n) is 3.58. The Bertz CT molecular complexity index is 801. The SMILES string of the molecule is COc1ccc(/C=C/C(=O)NCc2cccc(C(F)(F)F)c2)c(OC)c1. The Morgan fingerprint density at radius 2 is 1.88 bits per heavy atom. The average Bonchev–Trinajstić information content (AvgIpc) is 2.64. The predicted octanol–water partition coefficient (Wildman–Crippen LogP) is 4.05. The first-order chi connectivity index (χ1) is 12.3. The zero-order chi connectivity index (χ0) is 19.2. The number of halogens is 3. The fourth-order valence-corrected chi connectivity index (χ4v) is 2.23. The number of ether oxygens (including phenoxy) is 2. The Hall–Kier alpha value is -2.96. The molecule has 0 bridgehead atoms. The minimum Gasteiger partial charge on any atom is -0.497 e. The highest BCUT2D eigenvalue weighted by Gasteiger charge is 2.30. The third kappa shape index (κ3) is 5.27. The number of carbonyl (C=O) groups excluding carboxylic acids is 1. The lowest BCUT2D eigenvalue weighted by atomic mass is 10.1. The van der Waals surface area contributed by atoms with Gasteiger partial charge in [0.25, 0.3) is 0 Å². The van der Waals surface area contributed by atoms with Crippen molar-refractivity contribution in [3.05, 3.63) is 65.2 Å². The van der Waals surface area contributed by atoms with E-state index >= 15 is 0 Å². The van der Waals surface area contributed by atoms with Gasteiger partial charge in [-0.25, -0.2) is 0 Å². The summed E-state index contributed by atoms with van der Waals surface area (Å²) in [5.41, 5.74) is 0.286. The molecule has 0 aliphatic rings. The first kappa shape index (κ1) is 19.4. The van der Waals surface area contributed by atoms with Crippen LogP contribution in [-0.2, 0) is 17.5 Å². The minimum atomic E-state index is -4.41. The fourth-order valence-electron chi connectivity index (χ4n) is 2.23. The summed E-state index contributed by atoms with van der Waals surface area (Å²) in [5.74, 6) is 0.722. The van der Waals surface area contributed by atoms with Gasteiger partial charge in [0.05, 0.1) is 19.8 Å². The first-order valence-electron chi connectivity index (χ1n) is 7.67. The van der Waals surface area contributed by atoms with Gasteiger partial charge in [-0.1, -0.05) is 12.1 Å². The molecule has 0 aromatic heterocycles. The molecule has 26 heavy (non-hydrogen) atoms.